The molecular weight excluding hydrogens is 846 g/mol. The maximum Gasteiger partial charge on any atom is 0.387 e. The summed E-state index contributed by atoms with van der Waals surface area (Å²) in [5, 5.41) is 14.8. The Morgan fingerprint density at radius 3 is 1.56 bits per heavy atom. The zero-order valence-electron chi connectivity index (χ0n) is 32.9. The number of amides is 3. The van der Waals surface area contributed by atoms with Gasteiger partial charge < -0.3 is 45.1 Å². The monoisotopic (exact) mass is 884 g/mol. The number of anilines is 2. The fourth-order valence-electron chi connectivity index (χ4n) is 6.95. The van der Waals surface area contributed by atoms with Crippen molar-refractivity contribution < 1.29 is 59.7 Å². The third-order valence-corrected chi connectivity index (χ3v) is 10.4. The Balaban J connectivity index is 0.000000189. The molecule has 332 valence electrons. The molecule has 4 aromatic rings. The molecular formula is C40H38F6N10O7. The molecule has 23 heteroatoms. The van der Waals surface area contributed by atoms with Crippen LogP contribution in [0.5, 0.6) is 23.0 Å². The van der Waals surface area contributed by atoms with Crippen molar-refractivity contribution in [3.05, 3.63) is 83.9 Å². The van der Waals surface area contributed by atoms with Crippen LogP contribution >= 0.6 is 0 Å². The minimum Gasteiger partial charge on any atom is -0.486 e. The first-order valence-electron chi connectivity index (χ1n) is 19.5. The first kappa shape index (κ1) is 44.0. The molecule has 2 aromatic carbocycles. The molecule has 0 spiro atoms. The minimum atomic E-state index is -3.06. The number of nitrogens with zero attached hydrogens (tertiary/aromatic N) is 7. The van der Waals surface area contributed by atoms with Crippen LogP contribution in [0.4, 0.5) is 38.2 Å². The van der Waals surface area contributed by atoms with Crippen LogP contribution in [-0.4, -0.2) is 101 Å². The van der Waals surface area contributed by atoms with Crippen molar-refractivity contribution in [3.8, 4) is 29.1 Å². The van der Waals surface area contributed by atoms with Crippen LogP contribution in [0.2, 0.25) is 0 Å². The van der Waals surface area contributed by atoms with Gasteiger partial charge in [0.15, 0.2) is 23.0 Å². The van der Waals surface area contributed by atoms with Gasteiger partial charge in [0.1, 0.15) is 41.3 Å². The van der Waals surface area contributed by atoms with E-state index >= 15 is 0 Å². The largest absolute Gasteiger partial charge is 0.486 e. The summed E-state index contributed by atoms with van der Waals surface area (Å²) in [6.07, 6.45) is 3.68. The number of hydrogen-bond donors (Lipinski definition) is 3. The summed E-state index contributed by atoms with van der Waals surface area (Å²) in [6, 6.07) is 10.9. The fraction of sp³-hybridized carbons (Fsp3) is 0.400. The molecule has 2 aromatic heterocycles. The Labute approximate surface area is 354 Å². The maximum atomic E-state index is 13.4. The van der Waals surface area contributed by atoms with Crippen molar-refractivity contribution in [2.24, 2.45) is 17.6 Å². The summed E-state index contributed by atoms with van der Waals surface area (Å²) in [5.41, 5.74) is 5.60. The minimum absolute atomic E-state index is 0.0592. The molecule has 4 fully saturated rings. The Hall–Kier alpha value is -7.12. The molecule has 8 rings (SSSR count). The number of benzene rings is 2. The van der Waals surface area contributed by atoms with E-state index in [0.717, 1.165) is 36.4 Å². The number of nitrogens with one attached hydrogen (secondary N) is 2. The van der Waals surface area contributed by atoms with Crippen LogP contribution in [0.15, 0.2) is 60.9 Å². The molecule has 2 aliphatic carbocycles. The van der Waals surface area contributed by atoms with E-state index in [4.69, 9.17) is 20.5 Å². The van der Waals surface area contributed by atoms with Crippen LogP contribution in [0.1, 0.15) is 41.9 Å². The van der Waals surface area contributed by atoms with Gasteiger partial charge >= 0.3 is 13.2 Å². The Bertz CT molecular complexity index is 2340. The van der Waals surface area contributed by atoms with Crippen LogP contribution in [0, 0.1) is 34.8 Å². The van der Waals surface area contributed by atoms with Crippen LogP contribution in [-0.2, 0) is 9.59 Å². The highest BCUT2D eigenvalue weighted by Crippen LogP contribution is 2.38. The molecule has 2 saturated heterocycles. The van der Waals surface area contributed by atoms with E-state index in [9.17, 15) is 40.7 Å². The summed E-state index contributed by atoms with van der Waals surface area (Å²) >= 11 is 0. The summed E-state index contributed by atoms with van der Waals surface area (Å²) < 4.78 is 96.6. The van der Waals surface area contributed by atoms with Crippen LogP contribution in [0.25, 0.3) is 0 Å². The highest BCUT2D eigenvalue weighted by atomic mass is 19.3. The van der Waals surface area contributed by atoms with E-state index in [1.807, 2.05) is 11.0 Å². The van der Waals surface area contributed by atoms with Crippen molar-refractivity contribution in [2.45, 2.75) is 63.2 Å². The average molecular weight is 885 g/mol. The molecule has 4 N–H and O–H groups in total. The number of halogens is 6. The molecule has 4 aliphatic rings. The molecule has 17 nitrogen and oxygen atoms in total. The molecule has 2 aliphatic heterocycles. The second-order valence-electron chi connectivity index (χ2n) is 14.9. The van der Waals surface area contributed by atoms with Gasteiger partial charge in [-0.15, -0.1) is 0 Å². The molecule has 0 bridgehead atoms. The number of rotatable bonds is 15. The lowest BCUT2D eigenvalue weighted by Gasteiger charge is -2.41. The van der Waals surface area contributed by atoms with E-state index in [2.05, 4.69) is 40.0 Å². The summed E-state index contributed by atoms with van der Waals surface area (Å²) in [5.74, 6) is -2.70. The predicted octanol–water partition coefficient (Wildman–Crippen LogP) is 3.73. The van der Waals surface area contributed by atoms with E-state index < -0.39 is 43.0 Å². The SMILES string of the molecule is N#Cc1ccnc(N2CC(NC(=O)C3CC(Oc4cc(F)ccc4OC(F)F)C3)C2)n1.NC(=O)c1ccnc(N2CC(NC(=O)C3CC(Oc4cc(F)ccc4OC(F)F)C3)C2)n1. The van der Waals surface area contributed by atoms with E-state index in [-0.39, 0.29) is 70.1 Å². The van der Waals surface area contributed by atoms with Crippen molar-refractivity contribution in [3.63, 3.8) is 0 Å². The topological polar surface area (TPSA) is 220 Å². The van der Waals surface area contributed by atoms with Gasteiger partial charge in [-0.05, 0) is 62.1 Å². The lowest BCUT2D eigenvalue weighted by Crippen LogP contribution is -2.61. The van der Waals surface area contributed by atoms with Gasteiger partial charge in [-0.25, -0.2) is 28.7 Å². The lowest BCUT2D eigenvalue weighted by atomic mass is 9.81. The van der Waals surface area contributed by atoms with Gasteiger partial charge in [0.05, 0.1) is 12.1 Å². The fourth-order valence-corrected chi connectivity index (χ4v) is 6.95. The number of carbonyl (C=O) groups excluding carboxylic acids is 3. The van der Waals surface area contributed by atoms with Gasteiger partial charge in [-0.1, -0.05) is 0 Å². The smallest absolute Gasteiger partial charge is 0.387 e. The standard InChI is InChI=1S/C20H20F3N5O4.C20H18F3N5O3/c21-11-1-2-15(32-19(22)23)16(7-11)31-13-5-10(6-13)18(30)26-12-8-28(9-12)20-25-4-3-14(27-20)17(24)29;21-12-1-2-16(31-19(22)23)17(7-12)30-15-5-11(6-15)18(29)26-14-9-28(10-14)20-25-4-3-13(8-24)27-20/h1-4,7,10,12-13,19H,5-6,8-9H2,(H2,24,29)(H,26,30);1-4,7,11,14-15,19H,5-6,9-10H2,(H,26,29). The molecule has 3 amide bonds. The number of alkyl halides is 4. The predicted molar refractivity (Wildman–Crippen MR) is 206 cm³/mol. The maximum absolute atomic E-state index is 13.4. The molecule has 0 atom stereocenters. The number of primary amides is 1. The van der Waals surface area contributed by atoms with Gasteiger partial charge in [0.2, 0.25) is 23.7 Å². The van der Waals surface area contributed by atoms with E-state index in [0.29, 0.717) is 63.8 Å². The number of carbonyl (C=O) groups is 3. The number of nitriles is 1. The number of nitrogens with two attached hydrogens (primary N) is 1. The van der Waals surface area contributed by atoms with Crippen molar-refractivity contribution >= 4 is 29.6 Å². The van der Waals surface area contributed by atoms with Gasteiger partial charge in [-0.3, -0.25) is 14.4 Å². The number of aromatic nitrogens is 4. The molecule has 0 unspecified atom stereocenters. The Kier molecular flexibility index (Phi) is 13.5. The Morgan fingerprint density at radius 1 is 0.683 bits per heavy atom. The lowest BCUT2D eigenvalue weighted by molar-refractivity contribution is -0.132. The first-order chi connectivity index (χ1) is 30.2. The third kappa shape index (κ3) is 11.2. The van der Waals surface area contributed by atoms with Crippen LogP contribution < -0.4 is 45.1 Å². The summed E-state index contributed by atoms with van der Waals surface area (Å²) in [4.78, 5) is 56.1. The van der Waals surface area contributed by atoms with Gasteiger partial charge in [-0.2, -0.15) is 22.8 Å². The third-order valence-electron chi connectivity index (χ3n) is 10.4. The molecule has 63 heavy (non-hydrogen) atoms. The normalized spacial score (nSPS) is 20.4. The second kappa shape index (κ2) is 19.3. The van der Waals surface area contributed by atoms with Crippen molar-refractivity contribution in [2.75, 3.05) is 36.0 Å². The molecule has 0 radical (unpaired) electrons. The van der Waals surface area contributed by atoms with Crippen LogP contribution in [0.3, 0.4) is 0 Å². The summed E-state index contributed by atoms with van der Waals surface area (Å²) in [6.45, 7) is -4.08. The second-order valence-corrected chi connectivity index (χ2v) is 14.9. The molecule has 2 saturated carbocycles. The van der Waals surface area contributed by atoms with Gasteiger partial charge in [0.25, 0.3) is 5.91 Å². The van der Waals surface area contributed by atoms with Gasteiger partial charge in [0, 0.05) is 62.5 Å². The zero-order chi connectivity index (χ0) is 44.8. The molecule has 4 heterocycles. The van der Waals surface area contributed by atoms with Crippen molar-refractivity contribution in [1.82, 2.24) is 30.6 Å². The average Bonchev–Trinajstić information content (AvgIpc) is 3.18. The van der Waals surface area contributed by atoms with E-state index in [1.54, 1.807) is 4.90 Å². The van der Waals surface area contributed by atoms with E-state index in [1.165, 1.54) is 24.5 Å². The Morgan fingerprint density at radius 2 is 1.13 bits per heavy atom. The zero-order valence-corrected chi connectivity index (χ0v) is 32.9. The van der Waals surface area contributed by atoms with Crippen molar-refractivity contribution in [1.29, 1.82) is 5.26 Å². The first-order valence-corrected chi connectivity index (χ1v) is 19.5. The quantitative estimate of drug-likeness (QED) is 0.145. The number of ether oxygens (including phenoxy) is 4. The number of hydrogen-bond acceptors (Lipinski definition) is 14. The highest BCUT2D eigenvalue weighted by Gasteiger charge is 2.41. The summed E-state index contributed by atoms with van der Waals surface area (Å²) in [7, 11) is 0. The highest BCUT2D eigenvalue weighted by molar-refractivity contribution is 5.91.